The largest absolute Gasteiger partial charge is 0.463 e. The first-order valence-corrected chi connectivity index (χ1v) is 12.4. The Morgan fingerprint density at radius 1 is 1.12 bits per heavy atom. The van der Waals surface area contributed by atoms with Gasteiger partial charge >= 0.3 is 0 Å². The van der Waals surface area contributed by atoms with Crippen LogP contribution in [-0.4, -0.2) is 58.3 Å². The number of nitrogens with one attached hydrogen (secondary N) is 1. The third-order valence-electron chi connectivity index (χ3n) is 7.40. The zero-order valence-electron chi connectivity index (χ0n) is 20.1. The molecule has 0 radical (unpaired) electrons. The molecule has 0 bridgehead atoms. The van der Waals surface area contributed by atoms with E-state index in [9.17, 15) is 4.79 Å². The van der Waals surface area contributed by atoms with E-state index in [1.54, 1.807) is 0 Å². The Balaban J connectivity index is 1.23. The molecule has 8 nitrogen and oxygen atoms in total. The summed E-state index contributed by atoms with van der Waals surface area (Å²) in [6.45, 7) is 7.50. The van der Waals surface area contributed by atoms with Crippen LogP contribution >= 0.6 is 0 Å². The second kappa shape index (κ2) is 9.33. The lowest BCUT2D eigenvalue weighted by Gasteiger charge is -2.33. The quantitative estimate of drug-likeness (QED) is 0.721. The van der Waals surface area contributed by atoms with Gasteiger partial charge in [-0.15, -0.1) is 0 Å². The van der Waals surface area contributed by atoms with Crippen molar-refractivity contribution in [2.45, 2.75) is 57.5 Å². The van der Waals surface area contributed by atoms with Crippen LogP contribution in [0.5, 0.6) is 5.88 Å². The first-order chi connectivity index (χ1) is 16.4. The molecule has 1 aromatic heterocycles. The van der Waals surface area contributed by atoms with Gasteiger partial charge in [0.1, 0.15) is 11.9 Å². The van der Waals surface area contributed by atoms with Gasteiger partial charge in [0.05, 0.1) is 5.71 Å². The standard InChI is InChI=1S/C26H34N6O2/c1-26(2)23(31-22-24(27)29-16-30-25(22)34-26)20-9-7-19(8-10-20)18-5-3-17(4-6-18)15-21(33)32-13-11-28-12-14-32/h7-10,16-18,28H,3-6,11-15H2,1-2H3,(H2,27,29,30). The summed E-state index contributed by atoms with van der Waals surface area (Å²) in [5.41, 5.74) is 9.07. The lowest BCUT2D eigenvalue weighted by molar-refractivity contribution is -0.133. The smallest absolute Gasteiger partial charge is 0.246 e. The first-order valence-electron chi connectivity index (χ1n) is 12.4. The number of aliphatic imine (C=N–C) groups is 1. The molecule has 3 heterocycles. The summed E-state index contributed by atoms with van der Waals surface area (Å²) in [4.78, 5) is 27.7. The van der Waals surface area contributed by atoms with Crippen LogP contribution in [0.25, 0.3) is 0 Å². The molecule has 8 heteroatoms. The molecule has 2 aliphatic heterocycles. The number of hydrogen-bond donors (Lipinski definition) is 2. The Hall–Kier alpha value is -3.00. The number of hydrogen-bond acceptors (Lipinski definition) is 7. The van der Waals surface area contributed by atoms with Crippen molar-refractivity contribution >= 4 is 23.1 Å². The number of aromatic nitrogens is 2. The minimum Gasteiger partial charge on any atom is -0.463 e. The van der Waals surface area contributed by atoms with Crippen molar-refractivity contribution in [2.75, 3.05) is 31.9 Å². The fourth-order valence-corrected chi connectivity index (χ4v) is 5.41. The molecule has 3 aliphatic rings. The fourth-order valence-electron chi connectivity index (χ4n) is 5.41. The van der Waals surface area contributed by atoms with Crippen LogP contribution < -0.4 is 15.8 Å². The molecule has 5 rings (SSSR count). The summed E-state index contributed by atoms with van der Waals surface area (Å²) in [5.74, 6) is 2.13. The van der Waals surface area contributed by atoms with E-state index < -0.39 is 5.60 Å². The van der Waals surface area contributed by atoms with Crippen molar-refractivity contribution in [3.05, 3.63) is 41.7 Å². The highest BCUT2D eigenvalue weighted by Gasteiger charge is 2.35. The van der Waals surface area contributed by atoms with Gasteiger partial charge in [-0.25, -0.2) is 9.98 Å². The van der Waals surface area contributed by atoms with Gasteiger partial charge in [-0.1, -0.05) is 24.3 Å². The summed E-state index contributed by atoms with van der Waals surface area (Å²) in [6.07, 6.45) is 6.61. The highest BCUT2D eigenvalue weighted by Crippen LogP contribution is 2.40. The number of ether oxygens (including phenoxy) is 1. The van der Waals surface area contributed by atoms with Crippen molar-refractivity contribution in [1.82, 2.24) is 20.2 Å². The third-order valence-corrected chi connectivity index (χ3v) is 7.40. The fraction of sp³-hybridized carbons (Fsp3) is 0.538. The van der Waals surface area contributed by atoms with E-state index in [0.717, 1.165) is 63.1 Å². The second-order valence-corrected chi connectivity index (χ2v) is 10.2. The monoisotopic (exact) mass is 462 g/mol. The van der Waals surface area contributed by atoms with Crippen LogP contribution in [0.15, 0.2) is 35.6 Å². The van der Waals surface area contributed by atoms with Crippen LogP contribution in [0.1, 0.15) is 63.0 Å². The number of nitrogens with two attached hydrogens (primary N) is 1. The van der Waals surface area contributed by atoms with Gasteiger partial charge in [0.2, 0.25) is 11.8 Å². The molecule has 0 unspecified atom stereocenters. The lowest BCUT2D eigenvalue weighted by atomic mass is 9.77. The molecule has 34 heavy (non-hydrogen) atoms. The molecule has 1 saturated heterocycles. The second-order valence-electron chi connectivity index (χ2n) is 10.2. The van der Waals surface area contributed by atoms with E-state index in [-0.39, 0.29) is 0 Å². The zero-order valence-corrected chi connectivity index (χ0v) is 20.1. The Bertz CT molecular complexity index is 1070. The number of rotatable bonds is 4. The Morgan fingerprint density at radius 2 is 1.82 bits per heavy atom. The van der Waals surface area contributed by atoms with Crippen LogP contribution in [0.2, 0.25) is 0 Å². The predicted molar refractivity (Wildman–Crippen MR) is 133 cm³/mol. The molecule has 0 atom stereocenters. The average molecular weight is 463 g/mol. The molecule has 2 aromatic rings. The summed E-state index contributed by atoms with van der Waals surface area (Å²) >= 11 is 0. The predicted octanol–water partition coefficient (Wildman–Crippen LogP) is 3.45. The maximum absolute atomic E-state index is 12.6. The van der Waals surface area contributed by atoms with Gasteiger partial charge < -0.3 is 20.7 Å². The summed E-state index contributed by atoms with van der Waals surface area (Å²) in [6, 6.07) is 8.69. The maximum Gasteiger partial charge on any atom is 0.246 e. The van der Waals surface area contributed by atoms with Crippen molar-refractivity contribution in [3.63, 3.8) is 0 Å². The summed E-state index contributed by atoms with van der Waals surface area (Å²) in [5, 5.41) is 3.31. The minimum atomic E-state index is -0.621. The number of amides is 1. The van der Waals surface area contributed by atoms with Gasteiger partial charge in [0, 0.05) is 38.2 Å². The molecule has 1 aliphatic carbocycles. The van der Waals surface area contributed by atoms with Gasteiger partial charge in [0.25, 0.3) is 0 Å². The third kappa shape index (κ3) is 4.64. The number of nitrogens with zero attached hydrogens (tertiary/aromatic N) is 4. The number of carbonyl (C=O) groups excluding carboxylic acids is 1. The molecular formula is C26H34N6O2. The van der Waals surface area contributed by atoms with Gasteiger partial charge in [-0.2, -0.15) is 4.98 Å². The Kier molecular flexibility index (Phi) is 6.25. The molecule has 1 aromatic carbocycles. The van der Waals surface area contributed by atoms with E-state index in [4.69, 9.17) is 15.5 Å². The van der Waals surface area contributed by atoms with Crippen LogP contribution in [-0.2, 0) is 4.79 Å². The molecule has 180 valence electrons. The van der Waals surface area contributed by atoms with Crippen molar-refractivity contribution in [3.8, 4) is 5.88 Å². The molecule has 1 saturated carbocycles. The van der Waals surface area contributed by atoms with Gasteiger partial charge in [-0.3, -0.25) is 4.79 Å². The van der Waals surface area contributed by atoms with E-state index in [1.165, 1.54) is 11.9 Å². The Morgan fingerprint density at radius 3 is 2.53 bits per heavy atom. The summed E-state index contributed by atoms with van der Waals surface area (Å²) in [7, 11) is 0. The normalized spacial score (nSPS) is 24.1. The van der Waals surface area contributed by atoms with E-state index in [0.29, 0.717) is 41.5 Å². The number of nitrogen functional groups attached to an aromatic ring is 1. The maximum atomic E-state index is 12.6. The van der Waals surface area contributed by atoms with E-state index >= 15 is 0 Å². The highest BCUT2D eigenvalue weighted by molar-refractivity contribution is 6.09. The SMILES string of the molecule is CC1(C)Oc2ncnc(N)c2N=C1c1ccc(C2CCC(CC(=O)N3CCNCC3)CC2)cc1. The molecule has 3 N–H and O–H groups in total. The van der Waals surface area contributed by atoms with Crippen LogP contribution in [0, 0.1) is 5.92 Å². The first kappa shape index (κ1) is 22.8. The topological polar surface area (TPSA) is 106 Å². The number of fused-ring (bicyclic) bond motifs is 1. The van der Waals surface area contributed by atoms with Gasteiger partial charge in [-0.05, 0) is 56.9 Å². The lowest BCUT2D eigenvalue weighted by Crippen LogP contribution is -2.46. The van der Waals surface area contributed by atoms with Crippen molar-refractivity contribution in [1.29, 1.82) is 0 Å². The zero-order chi connectivity index (χ0) is 23.7. The Labute approximate surface area is 201 Å². The van der Waals surface area contributed by atoms with Crippen molar-refractivity contribution in [2.24, 2.45) is 10.9 Å². The number of piperazine rings is 1. The van der Waals surface area contributed by atoms with E-state index in [2.05, 4.69) is 39.6 Å². The van der Waals surface area contributed by atoms with Crippen LogP contribution in [0.3, 0.4) is 0 Å². The molecule has 0 spiro atoms. The molecular weight excluding hydrogens is 428 g/mol. The highest BCUT2D eigenvalue weighted by atomic mass is 16.5. The van der Waals surface area contributed by atoms with Gasteiger partial charge in [0.15, 0.2) is 11.5 Å². The average Bonchev–Trinajstić information content (AvgIpc) is 2.84. The molecule has 1 amide bonds. The van der Waals surface area contributed by atoms with Crippen LogP contribution in [0.4, 0.5) is 11.5 Å². The summed E-state index contributed by atoms with van der Waals surface area (Å²) < 4.78 is 6.10. The van der Waals surface area contributed by atoms with E-state index in [1.807, 2.05) is 18.7 Å². The number of benzene rings is 1. The minimum absolute atomic E-state index is 0.321. The number of anilines is 1. The van der Waals surface area contributed by atoms with Crippen molar-refractivity contribution < 1.29 is 9.53 Å². The molecule has 2 fully saturated rings. The number of carbonyl (C=O) groups is 1.